The Morgan fingerprint density at radius 1 is 1.47 bits per heavy atom. The van der Waals surface area contributed by atoms with Crippen molar-refractivity contribution in [3.8, 4) is 0 Å². The molecule has 0 fully saturated rings. The van der Waals surface area contributed by atoms with Crippen LogP contribution in [-0.4, -0.2) is 31.4 Å². The summed E-state index contributed by atoms with van der Waals surface area (Å²) in [6.07, 6.45) is 0. The predicted octanol–water partition coefficient (Wildman–Crippen LogP) is 1.08. The van der Waals surface area contributed by atoms with Gasteiger partial charge in [0.25, 0.3) is 0 Å². The molecule has 0 bridgehead atoms. The summed E-state index contributed by atoms with van der Waals surface area (Å²) in [6.45, 7) is 2.24. The van der Waals surface area contributed by atoms with Gasteiger partial charge < -0.3 is 16.0 Å². The van der Waals surface area contributed by atoms with Crippen LogP contribution in [0.3, 0.4) is 0 Å². The molecule has 1 aromatic rings. The molecule has 15 heavy (non-hydrogen) atoms. The van der Waals surface area contributed by atoms with Crippen LogP contribution < -0.4 is 11.1 Å². The summed E-state index contributed by atoms with van der Waals surface area (Å²) in [5.41, 5.74) is 8.38. The van der Waals surface area contributed by atoms with Crippen LogP contribution in [0.15, 0.2) is 18.2 Å². The summed E-state index contributed by atoms with van der Waals surface area (Å²) in [5, 5.41) is 3.05. The molecule has 0 spiro atoms. The molecule has 0 aliphatic heterocycles. The number of aryl methyl sites for hydroxylation is 1. The molecule has 1 amide bonds. The Kier molecular flexibility index (Phi) is 3.55. The van der Waals surface area contributed by atoms with Gasteiger partial charge in [0.1, 0.15) is 0 Å². The molecule has 0 unspecified atom stereocenters. The SMILES string of the molecule is Cc1cc(NCC(=O)N(C)C)ccc1N. The van der Waals surface area contributed by atoms with Crippen LogP contribution in [0.1, 0.15) is 5.56 Å². The fraction of sp³-hybridized carbons (Fsp3) is 0.364. The highest BCUT2D eigenvalue weighted by atomic mass is 16.2. The number of hydrogen-bond donors (Lipinski definition) is 2. The van der Waals surface area contributed by atoms with Gasteiger partial charge in [-0.15, -0.1) is 0 Å². The third-order valence-corrected chi connectivity index (χ3v) is 2.21. The highest BCUT2D eigenvalue weighted by Crippen LogP contribution is 2.16. The zero-order chi connectivity index (χ0) is 11.4. The molecule has 82 valence electrons. The minimum absolute atomic E-state index is 0.0458. The normalized spacial score (nSPS) is 9.80. The number of anilines is 2. The van der Waals surface area contributed by atoms with Gasteiger partial charge in [0, 0.05) is 25.5 Å². The van der Waals surface area contributed by atoms with Gasteiger partial charge in [-0.2, -0.15) is 0 Å². The third kappa shape index (κ3) is 3.16. The molecule has 4 heteroatoms. The van der Waals surface area contributed by atoms with E-state index >= 15 is 0 Å². The van der Waals surface area contributed by atoms with E-state index in [0.29, 0.717) is 6.54 Å². The smallest absolute Gasteiger partial charge is 0.241 e. The van der Waals surface area contributed by atoms with Crippen LogP contribution in [-0.2, 0) is 4.79 Å². The first-order valence-electron chi connectivity index (χ1n) is 4.81. The van der Waals surface area contributed by atoms with E-state index < -0.39 is 0 Å². The zero-order valence-corrected chi connectivity index (χ0v) is 9.37. The van der Waals surface area contributed by atoms with Crippen molar-refractivity contribution in [3.63, 3.8) is 0 Å². The second-order valence-corrected chi connectivity index (χ2v) is 3.71. The number of nitrogens with zero attached hydrogens (tertiary/aromatic N) is 1. The Morgan fingerprint density at radius 3 is 2.67 bits per heavy atom. The molecule has 0 heterocycles. The van der Waals surface area contributed by atoms with Crippen molar-refractivity contribution in [1.82, 2.24) is 4.90 Å². The summed E-state index contributed by atoms with van der Waals surface area (Å²) >= 11 is 0. The zero-order valence-electron chi connectivity index (χ0n) is 9.37. The molecular weight excluding hydrogens is 190 g/mol. The van der Waals surface area contributed by atoms with Crippen molar-refractivity contribution in [2.75, 3.05) is 31.7 Å². The van der Waals surface area contributed by atoms with Crippen LogP contribution in [0, 0.1) is 6.92 Å². The van der Waals surface area contributed by atoms with Crippen molar-refractivity contribution in [3.05, 3.63) is 23.8 Å². The number of amides is 1. The largest absolute Gasteiger partial charge is 0.399 e. The molecule has 0 aliphatic carbocycles. The first-order valence-corrected chi connectivity index (χ1v) is 4.81. The number of hydrogen-bond acceptors (Lipinski definition) is 3. The van der Waals surface area contributed by atoms with Crippen molar-refractivity contribution >= 4 is 17.3 Å². The van der Waals surface area contributed by atoms with Gasteiger partial charge in [0.05, 0.1) is 6.54 Å². The maximum Gasteiger partial charge on any atom is 0.241 e. The van der Waals surface area contributed by atoms with Gasteiger partial charge in [-0.1, -0.05) is 0 Å². The van der Waals surface area contributed by atoms with Gasteiger partial charge in [0.15, 0.2) is 0 Å². The fourth-order valence-corrected chi connectivity index (χ4v) is 1.12. The Bertz CT molecular complexity index is 361. The summed E-state index contributed by atoms with van der Waals surface area (Å²) in [7, 11) is 3.47. The number of nitrogen functional groups attached to an aromatic ring is 1. The Morgan fingerprint density at radius 2 is 2.13 bits per heavy atom. The predicted molar refractivity (Wildman–Crippen MR) is 62.8 cm³/mol. The molecular formula is C11H17N3O. The fourth-order valence-electron chi connectivity index (χ4n) is 1.12. The van der Waals surface area contributed by atoms with Gasteiger partial charge in [0.2, 0.25) is 5.91 Å². The molecule has 0 atom stereocenters. The number of benzene rings is 1. The van der Waals surface area contributed by atoms with E-state index in [4.69, 9.17) is 5.73 Å². The summed E-state index contributed by atoms with van der Waals surface area (Å²) in [4.78, 5) is 12.9. The first-order chi connectivity index (χ1) is 7.00. The molecule has 3 N–H and O–H groups in total. The van der Waals surface area contributed by atoms with Crippen LogP contribution in [0.25, 0.3) is 0 Å². The van der Waals surface area contributed by atoms with Crippen LogP contribution in [0.5, 0.6) is 0 Å². The van der Waals surface area contributed by atoms with E-state index in [0.717, 1.165) is 16.9 Å². The van der Waals surface area contributed by atoms with Crippen LogP contribution >= 0.6 is 0 Å². The maximum absolute atomic E-state index is 11.3. The molecule has 0 aromatic heterocycles. The standard InChI is InChI=1S/C11H17N3O/c1-8-6-9(4-5-10(8)12)13-7-11(15)14(2)3/h4-6,13H,7,12H2,1-3H3. The third-order valence-electron chi connectivity index (χ3n) is 2.21. The van der Waals surface area contributed by atoms with Crippen molar-refractivity contribution < 1.29 is 4.79 Å². The van der Waals surface area contributed by atoms with E-state index in [1.807, 2.05) is 25.1 Å². The minimum Gasteiger partial charge on any atom is -0.399 e. The topological polar surface area (TPSA) is 58.4 Å². The van der Waals surface area contributed by atoms with Gasteiger partial charge in [-0.05, 0) is 30.7 Å². The molecule has 0 saturated heterocycles. The molecule has 0 radical (unpaired) electrons. The lowest BCUT2D eigenvalue weighted by molar-refractivity contribution is -0.126. The van der Waals surface area contributed by atoms with Crippen molar-refractivity contribution in [1.29, 1.82) is 0 Å². The van der Waals surface area contributed by atoms with Crippen LogP contribution in [0.2, 0.25) is 0 Å². The second-order valence-electron chi connectivity index (χ2n) is 3.71. The number of rotatable bonds is 3. The lowest BCUT2D eigenvalue weighted by Crippen LogP contribution is -2.28. The van der Waals surface area contributed by atoms with E-state index in [2.05, 4.69) is 5.32 Å². The van der Waals surface area contributed by atoms with Crippen LogP contribution in [0.4, 0.5) is 11.4 Å². The number of nitrogens with one attached hydrogen (secondary N) is 1. The lowest BCUT2D eigenvalue weighted by atomic mass is 10.2. The van der Waals surface area contributed by atoms with Gasteiger partial charge >= 0.3 is 0 Å². The molecule has 0 saturated carbocycles. The van der Waals surface area contributed by atoms with Crippen molar-refractivity contribution in [2.24, 2.45) is 0 Å². The average Bonchev–Trinajstić information content (AvgIpc) is 2.19. The summed E-state index contributed by atoms with van der Waals surface area (Å²) in [5.74, 6) is 0.0458. The molecule has 1 aromatic carbocycles. The quantitative estimate of drug-likeness (QED) is 0.729. The van der Waals surface area contributed by atoms with Crippen molar-refractivity contribution in [2.45, 2.75) is 6.92 Å². The second kappa shape index (κ2) is 4.68. The van der Waals surface area contributed by atoms with E-state index in [9.17, 15) is 4.79 Å². The number of likely N-dealkylation sites (N-methyl/N-ethyl adjacent to an activating group) is 1. The monoisotopic (exact) mass is 207 g/mol. The Hall–Kier alpha value is -1.71. The lowest BCUT2D eigenvalue weighted by Gasteiger charge is -2.12. The number of carbonyl (C=O) groups is 1. The van der Waals surface area contributed by atoms with E-state index in [1.165, 1.54) is 0 Å². The van der Waals surface area contributed by atoms with E-state index in [1.54, 1.807) is 19.0 Å². The number of nitrogens with two attached hydrogens (primary N) is 1. The number of carbonyl (C=O) groups excluding carboxylic acids is 1. The molecule has 4 nitrogen and oxygen atoms in total. The maximum atomic E-state index is 11.3. The van der Waals surface area contributed by atoms with E-state index in [-0.39, 0.29) is 5.91 Å². The minimum atomic E-state index is 0.0458. The Labute approximate surface area is 90.1 Å². The summed E-state index contributed by atoms with van der Waals surface area (Å²) < 4.78 is 0. The summed E-state index contributed by atoms with van der Waals surface area (Å²) in [6, 6.07) is 5.63. The van der Waals surface area contributed by atoms with Gasteiger partial charge in [-0.25, -0.2) is 0 Å². The highest BCUT2D eigenvalue weighted by molar-refractivity contribution is 5.80. The molecule has 0 aliphatic rings. The highest BCUT2D eigenvalue weighted by Gasteiger charge is 2.03. The molecule has 1 rings (SSSR count). The Balaban J connectivity index is 2.58. The van der Waals surface area contributed by atoms with Gasteiger partial charge in [-0.3, -0.25) is 4.79 Å². The average molecular weight is 207 g/mol. The first kappa shape index (κ1) is 11.4.